The van der Waals surface area contributed by atoms with E-state index >= 15 is 0 Å². The summed E-state index contributed by atoms with van der Waals surface area (Å²) in [5.74, 6) is -1.72. The number of carbonyl (C=O) groups is 2. The van der Waals surface area contributed by atoms with Crippen LogP contribution in [0.2, 0.25) is 0 Å². The van der Waals surface area contributed by atoms with E-state index in [1.54, 1.807) is 6.07 Å². The molecular formula is C12H11BrN2O6. The maximum Gasteiger partial charge on any atom is 0.332 e. The zero-order valence-electron chi connectivity index (χ0n) is 10.6. The SMILES string of the molecule is O=C(Nc1ccc(Br)cc1[N+](=O)[O-])[C@@H]1CC[C@H](C(=O)O)O1. The van der Waals surface area contributed by atoms with Crippen molar-refractivity contribution < 1.29 is 24.4 Å². The summed E-state index contributed by atoms with van der Waals surface area (Å²) >= 11 is 3.11. The van der Waals surface area contributed by atoms with Crippen molar-refractivity contribution in [1.29, 1.82) is 0 Å². The van der Waals surface area contributed by atoms with Crippen LogP contribution in [0.1, 0.15) is 12.8 Å². The van der Waals surface area contributed by atoms with E-state index in [9.17, 15) is 19.7 Å². The third-order valence-electron chi connectivity index (χ3n) is 3.00. The zero-order valence-corrected chi connectivity index (χ0v) is 12.2. The number of carbonyl (C=O) groups excluding carboxylic acids is 1. The molecule has 2 N–H and O–H groups in total. The van der Waals surface area contributed by atoms with Gasteiger partial charge in [-0.25, -0.2) is 4.79 Å². The fraction of sp³-hybridized carbons (Fsp3) is 0.333. The lowest BCUT2D eigenvalue weighted by Crippen LogP contribution is -2.30. The summed E-state index contributed by atoms with van der Waals surface area (Å²) in [5.41, 5.74) is -0.221. The predicted molar refractivity (Wildman–Crippen MR) is 75.0 cm³/mol. The van der Waals surface area contributed by atoms with Gasteiger partial charge in [-0.15, -0.1) is 0 Å². The molecule has 0 saturated carbocycles. The molecule has 0 aromatic heterocycles. The van der Waals surface area contributed by atoms with Crippen molar-refractivity contribution in [3.8, 4) is 0 Å². The largest absolute Gasteiger partial charge is 0.479 e. The van der Waals surface area contributed by atoms with Crippen LogP contribution in [0.15, 0.2) is 22.7 Å². The number of nitrogens with one attached hydrogen (secondary N) is 1. The Hall–Kier alpha value is -2.00. The van der Waals surface area contributed by atoms with Gasteiger partial charge in [0.15, 0.2) is 6.10 Å². The van der Waals surface area contributed by atoms with Crippen LogP contribution in [0.25, 0.3) is 0 Å². The average molecular weight is 359 g/mol. The number of carboxylic acid groups (broad SMARTS) is 1. The molecule has 1 heterocycles. The lowest BCUT2D eigenvalue weighted by atomic mass is 10.2. The lowest BCUT2D eigenvalue weighted by molar-refractivity contribution is -0.384. The highest BCUT2D eigenvalue weighted by Crippen LogP contribution is 2.29. The highest BCUT2D eigenvalue weighted by Gasteiger charge is 2.35. The molecule has 1 amide bonds. The highest BCUT2D eigenvalue weighted by molar-refractivity contribution is 9.10. The summed E-state index contributed by atoms with van der Waals surface area (Å²) in [6.07, 6.45) is -1.45. The number of nitro groups is 1. The fourth-order valence-electron chi connectivity index (χ4n) is 1.99. The van der Waals surface area contributed by atoms with Crippen LogP contribution in [0.3, 0.4) is 0 Å². The Morgan fingerprint density at radius 3 is 2.62 bits per heavy atom. The summed E-state index contributed by atoms with van der Waals surface area (Å²) in [7, 11) is 0. The number of benzene rings is 1. The minimum Gasteiger partial charge on any atom is -0.479 e. The number of nitro benzene ring substituents is 1. The molecule has 1 saturated heterocycles. The molecule has 0 spiro atoms. The van der Waals surface area contributed by atoms with E-state index in [1.807, 2.05) is 0 Å². The topological polar surface area (TPSA) is 119 Å². The van der Waals surface area contributed by atoms with Crippen LogP contribution < -0.4 is 5.32 Å². The monoisotopic (exact) mass is 358 g/mol. The first-order valence-electron chi connectivity index (χ1n) is 6.01. The molecule has 1 aliphatic rings. The summed E-state index contributed by atoms with van der Waals surface area (Å²) in [4.78, 5) is 33.1. The number of nitrogens with zero attached hydrogens (tertiary/aromatic N) is 1. The van der Waals surface area contributed by atoms with Crippen molar-refractivity contribution in [2.24, 2.45) is 0 Å². The van der Waals surface area contributed by atoms with Crippen molar-refractivity contribution in [3.05, 3.63) is 32.8 Å². The van der Waals surface area contributed by atoms with Crippen LogP contribution in [0, 0.1) is 10.1 Å². The van der Waals surface area contributed by atoms with Crippen molar-refractivity contribution >= 4 is 39.2 Å². The molecule has 2 rings (SSSR count). The van der Waals surface area contributed by atoms with Gasteiger partial charge in [-0.2, -0.15) is 0 Å². The molecular weight excluding hydrogens is 348 g/mol. The van der Waals surface area contributed by atoms with Gasteiger partial charge in [0, 0.05) is 10.5 Å². The number of hydrogen-bond donors (Lipinski definition) is 2. The predicted octanol–water partition coefficient (Wildman–Crippen LogP) is 1.93. The number of anilines is 1. The molecule has 0 radical (unpaired) electrons. The number of hydrogen-bond acceptors (Lipinski definition) is 5. The number of aliphatic carboxylic acids is 1. The Morgan fingerprint density at radius 2 is 2.05 bits per heavy atom. The van der Waals surface area contributed by atoms with Gasteiger partial charge in [-0.05, 0) is 25.0 Å². The van der Waals surface area contributed by atoms with E-state index in [0.717, 1.165) is 0 Å². The van der Waals surface area contributed by atoms with Crippen molar-refractivity contribution in [2.75, 3.05) is 5.32 Å². The van der Waals surface area contributed by atoms with Crippen LogP contribution in [0.5, 0.6) is 0 Å². The zero-order chi connectivity index (χ0) is 15.6. The van der Waals surface area contributed by atoms with Gasteiger partial charge in [0.2, 0.25) is 0 Å². The Morgan fingerprint density at radius 1 is 1.38 bits per heavy atom. The van der Waals surface area contributed by atoms with E-state index in [2.05, 4.69) is 21.2 Å². The first-order chi connectivity index (χ1) is 9.88. The lowest BCUT2D eigenvalue weighted by Gasteiger charge is -2.12. The summed E-state index contributed by atoms with van der Waals surface area (Å²) in [6.45, 7) is 0. The van der Waals surface area contributed by atoms with Crippen LogP contribution in [-0.2, 0) is 14.3 Å². The van der Waals surface area contributed by atoms with Gasteiger partial charge in [-0.3, -0.25) is 14.9 Å². The minimum absolute atomic E-state index is 0.0376. The van der Waals surface area contributed by atoms with Crippen molar-refractivity contribution in [2.45, 2.75) is 25.0 Å². The highest BCUT2D eigenvalue weighted by atomic mass is 79.9. The molecule has 0 bridgehead atoms. The van der Waals surface area contributed by atoms with Crippen LogP contribution in [0.4, 0.5) is 11.4 Å². The Labute approximate surface area is 127 Å². The molecule has 1 aromatic rings. The third kappa shape index (κ3) is 3.56. The van der Waals surface area contributed by atoms with Gasteiger partial charge in [0.25, 0.3) is 11.6 Å². The molecule has 0 aliphatic carbocycles. The van der Waals surface area contributed by atoms with E-state index in [-0.39, 0.29) is 24.2 Å². The summed E-state index contributed by atoms with van der Waals surface area (Å²) < 4.78 is 5.60. The number of carboxylic acids is 1. The van der Waals surface area contributed by atoms with Crippen molar-refractivity contribution in [1.82, 2.24) is 0 Å². The maximum absolute atomic E-state index is 12.0. The molecule has 8 nitrogen and oxygen atoms in total. The standard InChI is InChI=1S/C12H11BrN2O6/c13-6-1-2-7(8(5-6)15(19)20)14-11(16)9-3-4-10(21-9)12(17)18/h1-2,5,9-10H,3-4H2,(H,14,16)(H,17,18)/t9-,10+/m0/s1. The molecule has 21 heavy (non-hydrogen) atoms. The summed E-state index contributed by atoms with van der Waals surface area (Å²) in [6, 6.07) is 4.22. The number of ether oxygens (including phenoxy) is 1. The average Bonchev–Trinajstić information content (AvgIpc) is 2.90. The van der Waals surface area contributed by atoms with E-state index < -0.39 is 29.0 Å². The van der Waals surface area contributed by atoms with Gasteiger partial charge < -0.3 is 15.2 Å². The Balaban J connectivity index is 2.10. The van der Waals surface area contributed by atoms with E-state index in [4.69, 9.17) is 9.84 Å². The molecule has 9 heteroatoms. The quantitative estimate of drug-likeness (QED) is 0.626. The first-order valence-corrected chi connectivity index (χ1v) is 6.81. The second-order valence-corrected chi connectivity index (χ2v) is 5.35. The Bertz CT molecular complexity index is 605. The molecule has 0 unspecified atom stereocenters. The third-order valence-corrected chi connectivity index (χ3v) is 3.50. The van der Waals surface area contributed by atoms with Gasteiger partial charge in [-0.1, -0.05) is 15.9 Å². The molecule has 1 fully saturated rings. The second kappa shape index (κ2) is 6.19. The number of halogens is 1. The molecule has 1 aliphatic heterocycles. The second-order valence-electron chi connectivity index (χ2n) is 4.44. The smallest absolute Gasteiger partial charge is 0.332 e. The fourth-order valence-corrected chi connectivity index (χ4v) is 2.34. The Kier molecular flexibility index (Phi) is 4.53. The molecule has 2 atom stereocenters. The van der Waals surface area contributed by atoms with Crippen molar-refractivity contribution in [3.63, 3.8) is 0 Å². The molecule has 1 aromatic carbocycles. The van der Waals surface area contributed by atoms with Gasteiger partial charge in [0.05, 0.1) is 4.92 Å². The maximum atomic E-state index is 12.0. The summed E-state index contributed by atoms with van der Waals surface area (Å²) in [5, 5.41) is 22.1. The number of amides is 1. The minimum atomic E-state index is -1.13. The first kappa shape index (κ1) is 15.4. The van der Waals surface area contributed by atoms with Gasteiger partial charge >= 0.3 is 5.97 Å². The van der Waals surface area contributed by atoms with Crippen LogP contribution in [-0.4, -0.2) is 34.1 Å². The normalized spacial score (nSPS) is 21.0. The van der Waals surface area contributed by atoms with E-state index in [0.29, 0.717) is 4.47 Å². The van der Waals surface area contributed by atoms with Gasteiger partial charge in [0.1, 0.15) is 11.8 Å². The number of rotatable bonds is 4. The van der Waals surface area contributed by atoms with E-state index in [1.165, 1.54) is 12.1 Å². The molecule has 112 valence electrons. The van der Waals surface area contributed by atoms with Crippen LogP contribution >= 0.6 is 15.9 Å².